The molecule has 0 aliphatic rings. The van der Waals surface area contributed by atoms with E-state index in [9.17, 15) is 4.79 Å². The molecule has 0 bridgehead atoms. The second kappa shape index (κ2) is 9.15. The first kappa shape index (κ1) is 22.1. The first-order valence-electron chi connectivity index (χ1n) is 10.5. The fourth-order valence-electron chi connectivity index (χ4n) is 3.68. The third-order valence-electron chi connectivity index (χ3n) is 5.26. The molecule has 0 unspecified atom stereocenters. The van der Waals surface area contributed by atoms with Crippen LogP contribution in [0.1, 0.15) is 28.8 Å². The van der Waals surface area contributed by atoms with Gasteiger partial charge in [0.05, 0.1) is 43.5 Å². The van der Waals surface area contributed by atoms with Crippen LogP contribution in [-0.2, 0) is 0 Å². The molecule has 0 spiro atoms. The number of rotatable bonds is 7. The van der Waals surface area contributed by atoms with Gasteiger partial charge >= 0.3 is 0 Å². The second-order valence-corrected chi connectivity index (χ2v) is 7.28. The standard InChI is InChI=1S/C24H25N5O4/c1-6-33-18-10-8-7-9-17(18)25-24(30)22-15(3)29-23(27-26-22)21(14(2)28-29)16-11-12-19(31-4)20(13-16)32-5/h7-13H,6H2,1-5H3,(H,25,30). The zero-order chi connectivity index (χ0) is 23.5. The number of nitrogens with one attached hydrogen (secondary N) is 1. The number of anilines is 1. The molecule has 1 amide bonds. The van der Waals surface area contributed by atoms with Gasteiger partial charge < -0.3 is 19.5 Å². The van der Waals surface area contributed by atoms with Crippen molar-refractivity contribution in [3.05, 3.63) is 59.5 Å². The lowest BCUT2D eigenvalue weighted by atomic mass is 10.1. The van der Waals surface area contributed by atoms with E-state index < -0.39 is 5.91 Å². The fraction of sp³-hybridized carbons (Fsp3) is 0.250. The van der Waals surface area contributed by atoms with Gasteiger partial charge in [0.15, 0.2) is 22.8 Å². The van der Waals surface area contributed by atoms with Crippen LogP contribution in [0.4, 0.5) is 5.69 Å². The number of hydrogen-bond acceptors (Lipinski definition) is 7. The van der Waals surface area contributed by atoms with E-state index in [1.807, 2.05) is 44.2 Å². The van der Waals surface area contributed by atoms with Gasteiger partial charge in [-0.3, -0.25) is 4.79 Å². The Balaban J connectivity index is 1.73. The summed E-state index contributed by atoms with van der Waals surface area (Å²) in [6, 6.07) is 12.9. The summed E-state index contributed by atoms with van der Waals surface area (Å²) < 4.78 is 18.0. The van der Waals surface area contributed by atoms with E-state index in [0.717, 1.165) is 16.8 Å². The molecule has 0 aliphatic carbocycles. The summed E-state index contributed by atoms with van der Waals surface area (Å²) in [4.78, 5) is 13.0. The van der Waals surface area contributed by atoms with Crippen LogP contribution in [0.15, 0.2) is 42.5 Å². The van der Waals surface area contributed by atoms with Crippen molar-refractivity contribution >= 4 is 17.2 Å². The molecule has 170 valence electrons. The van der Waals surface area contributed by atoms with E-state index in [2.05, 4.69) is 20.6 Å². The van der Waals surface area contributed by atoms with Crippen molar-refractivity contribution in [2.75, 3.05) is 26.1 Å². The molecule has 0 saturated heterocycles. The highest BCUT2D eigenvalue weighted by atomic mass is 16.5. The van der Waals surface area contributed by atoms with Crippen LogP contribution in [0.3, 0.4) is 0 Å². The lowest BCUT2D eigenvalue weighted by Crippen LogP contribution is -2.19. The smallest absolute Gasteiger partial charge is 0.278 e. The minimum Gasteiger partial charge on any atom is -0.493 e. The molecule has 0 fully saturated rings. The number of methoxy groups -OCH3 is 2. The monoisotopic (exact) mass is 447 g/mol. The van der Waals surface area contributed by atoms with Gasteiger partial charge in [-0.1, -0.05) is 18.2 Å². The van der Waals surface area contributed by atoms with E-state index in [-0.39, 0.29) is 5.69 Å². The maximum absolute atomic E-state index is 13.0. The molecule has 9 nitrogen and oxygen atoms in total. The maximum Gasteiger partial charge on any atom is 0.278 e. The molecule has 2 aromatic carbocycles. The molecule has 9 heteroatoms. The normalized spacial score (nSPS) is 10.8. The predicted octanol–water partition coefficient (Wildman–Crippen LogP) is 4.08. The number of carbonyl (C=O) groups excluding carboxylic acids is 1. The van der Waals surface area contributed by atoms with Crippen LogP contribution in [0, 0.1) is 13.8 Å². The van der Waals surface area contributed by atoms with Crippen LogP contribution in [0.5, 0.6) is 17.2 Å². The van der Waals surface area contributed by atoms with Crippen molar-refractivity contribution in [2.24, 2.45) is 0 Å². The molecule has 1 N–H and O–H groups in total. The lowest BCUT2D eigenvalue weighted by molar-refractivity contribution is 0.101. The number of aromatic nitrogens is 4. The molecule has 0 saturated carbocycles. The van der Waals surface area contributed by atoms with Gasteiger partial charge in [-0.25, -0.2) is 4.52 Å². The largest absolute Gasteiger partial charge is 0.493 e. The fourth-order valence-corrected chi connectivity index (χ4v) is 3.68. The van der Waals surface area contributed by atoms with Crippen molar-refractivity contribution < 1.29 is 19.0 Å². The number of amides is 1. The van der Waals surface area contributed by atoms with E-state index in [0.29, 0.717) is 40.9 Å². The van der Waals surface area contributed by atoms with Crippen LogP contribution in [0.25, 0.3) is 16.8 Å². The molecule has 0 aliphatic heterocycles. The Kier molecular flexibility index (Phi) is 6.12. The van der Waals surface area contributed by atoms with E-state index in [1.54, 1.807) is 37.8 Å². The highest BCUT2D eigenvalue weighted by Crippen LogP contribution is 2.35. The van der Waals surface area contributed by atoms with Crippen molar-refractivity contribution in [1.29, 1.82) is 0 Å². The third-order valence-corrected chi connectivity index (χ3v) is 5.26. The molecular formula is C24H25N5O4. The quantitative estimate of drug-likeness (QED) is 0.456. The number of ether oxygens (including phenoxy) is 3. The van der Waals surface area contributed by atoms with Crippen molar-refractivity contribution in [2.45, 2.75) is 20.8 Å². The first-order chi connectivity index (χ1) is 16.0. The molecule has 33 heavy (non-hydrogen) atoms. The van der Waals surface area contributed by atoms with Crippen molar-refractivity contribution in [3.8, 4) is 28.4 Å². The summed E-state index contributed by atoms with van der Waals surface area (Å²) in [7, 11) is 3.18. The Morgan fingerprint density at radius 2 is 1.76 bits per heavy atom. The molecule has 4 aromatic rings. The molecule has 2 heterocycles. The lowest BCUT2D eigenvalue weighted by Gasteiger charge is -2.12. The molecule has 2 aromatic heterocycles. The number of fused-ring (bicyclic) bond motifs is 1. The topological polar surface area (TPSA) is 99.9 Å². The maximum atomic E-state index is 13.0. The Bertz CT molecular complexity index is 1330. The summed E-state index contributed by atoms with van der Waals surface area (Å²) in [5.74, 6) is 1.42. The minimum atomic E-state index is -0.394. The number of para-hydroxylation sites is 2. The Labute approximate surface area is 191 Å². The van der Waals surface area contributed by atoms with Gasteiger partial charge in [-0.2, -0.15) is 5.10 Å². The highest BCUT2D eigenvalue weighted by Gasteiger charge is 2.22. The number of carbonyl (C=O) groups is 1. The Morgan fingerprint density at radius 1 is 1.00 bits per heavy atom. The number of aryl methyl sites for hydroxylation is 2. The first-order valence-corrected chi connectivity index (χ1v) is 10.5. The zero-order valence-electron chi connectivity index (χ0n) is 19.2. The zero-order valence-corrected chi connectivity index (χ0v) is 19.2. The number of hydrogen-bond donors (Lipinski definition) is 1. The minimum absolute atomic E-state index is 0.176. The SMILES string of the molecule is CCOc1ccccc1NC(=O)c1nnc2c(-c3ccc(OC)c(OC)c3)c(C)nn2c1C. The molecule has 0 atom stereocenters. The van der Waals surface area contributed by atoms with Gasteiger partial charge in [-0.15, -0.1) is 10.2 Å². The van der Waals surface area contributed by atoms with Crippen molar-refractivity contribution in [1.82, 2.24) is 19.8 Å². The Hall–Kier alpha value is -4.14. The average Bonchev–Trinajstić information content (AvgIpc) is 3.17. The third kappa shape index (κ3) is 4.05. The van der Waals surface area contributed by atoms with Crippen LogP contribution in [-0.4, -0.2) is 46.5 Å². The van der Waals surface area contributed by atoms with Crippen LogP contribution >= 0.6 is 0 Å². The van der Waals surface area contributed by atoms with Gasteiger partial charge in [0.25, 0.3) is 5.91 Å². The highest BCUT2D eigenvalue weighted by molar-refractivity contribution is 6.04. The van der Waals surface area contributed by atoms with Crippen LogP contribution in [0.2, 0.25) is 0 Å². The molecule has 0 radical (unpaired) electrons. The predicted molar refractivity (Wildman–Crippen MR) is 124 cm³/mol. The summed E-state index contributed by atoms with van der Waals surface area (Å²) in [6.45, 7) is 6.05. The summed E-state index contributed by atoms with van der Waals surface area (Å²) in [6.07, 6.45) is 0. The molecule has 4 rings (SSSR count). The summed E-state index contributed by atoms with van der Waals surface area (Å²) in [5.41, 5.74) is 4.27. The van der Waals surface area contributed by atoms with Crippen molar-refractivity contribution in [3.63, 3.8) is 0 Å². The second-order valence-electron chi connectivity index (χ2n) is 7.28. The van der Waals surface area contributed by atoms with Gasteiger partial charge in [0, 0.05) is 0 Å². The number of nitrogens with zero attached hydrogens (tertiary/aromatic N) is 4. The summed E-state index contributed by atoms with van der Waals surface area (Å²) >= 11 is 0. The Morgan fingerprint density at radius 3 is 2.48 bits per heavy atom. The van der Waals surface area contributed by atoms with E-state index in [1.165, 1.54) is 0 Å². The van der Waals surface area contributed by atoms with Gasteiger partial charge in [0.2, 0.25) is 0 Å². The van der Waals surface area contributed by atoms with E-state index >= 15 is 0 Å². The summed E-state index contributed by atoms with van der Waals surface area (Å²) in [5, 5.41) is 16.1. The van der Waals surface area contributed by atoms with Gasteiger partial charge in [-0.05, 0) is 50.6 Å². The molecular weight excluding hydrogens is 422 g/mol. The van der Waals surface area contributed by atoms with Gasteiger partial charge in [0.1, 0.15) is 5.75 Å². The average molecular weight is 447 g/mol. The number of benzene rings is 2. The van der Waals surface area contributed by atoms with Crippen LogP contribution < -0.4 is 19.5 Å². The van der Waals surface area contributed by atoms with E-state index in [4.69, 9.17) is 14.2 Å².